The SMILES string of the molecule is CC(C)C(=O)N1CCCN(C(=O)CNCC2CC2)CC1. The smallest absolute Gasteiger partial charge is 0.236 e. The minimum atomic E-state index is 0.0393. The highest BCUT2D eigenvalue weighted by molar-refractivity contribution is 5.79. The van der Waals surface area contributed by atoms with Gasteiger partial charge in [-0.25, -0.2) is 0 Å². The third-order valence-corrected chi connectivity index (χ3v) is 4.06. The number of hydrogen-bond donors (Lipinski definition) is 1. The molecule has 1 heterocycles. The van der Waals surface area contributed by atoms with E-state index in [1.165, 1.54) is 12.8 Å². The summed E-state index contributed by atoms with van der Waals surface area (Å²) in [7, 11) is 0. The second-order valence-corrected chi connectivity index (χ2v) is 6.29. The van der Waals surface area contributed by atoms with Crippen molar-refractivity contribution in [1.29, 1.82) is 0 Å². The van der Waals surface area contributed by atoms with Crippen LogP contribution in [0, 0.1) is 11.8 Å². The molecular weight excluding hydrogens is 254 g/mol. The Hall–Kier alpha value is -1.10. The number of carbonyl (C=O) groups excluding carboxylic acids is 2. The second-order valence-electron chi connectivity index (χ2n) is 6.29. The van der Waals surface area contributed by atoms with Crippen LogP contribution in [0.15, 0.2) is 0 Å². The number of rotatable bonds is 5. The summed E-state index contributed by atoms with van der Waals surface area (Å²) in [5.74, 6) is 1.21. The zero-order valence-electron chi connectivity index (χ0n) is 12.7. The standard InChI is InChI=1S/C15H27N3O2/c1-12(2)15(20)18-7-3-6-17(8-9-18)14(19)11-16-10-13-4-5-13/h12-13,16H,3-11H2,1-2H3. The number of nitrogens with zero attached hydrogens (tertiary/aromatic N) is 2. The van der Waals surface area contributed by atoms with Crippen LogP contribution in [0.4, 0.5) is 0 Å². The summed E-state index contributed by atoms with van der Waals surface area (Å²) in [6.45, 7) is 8.15. The average Bonchev–Trinajstić information content (AvgIpc) is 3.23. The molecule has 1 saturated heterocycles. The van der Waals surface area contributed by atoms with Crippen LogP contribution in [0.2, 0.25) is 0 Å². The highest BCUT2D eigenvalue weighted by Crippen LogP contribution is 2.27. The van der Waals surface area contributed by atoms with Crippen LogP contribution in [0.25, 0.3) is 0 Å². The van der Waals surface area contributed by atoms with Crippen LogP contribution in [-0.2, 0) is 9.59 Å². The molecule has 5 nitrogen and oxygen atoms in total. The molecule has 2 rings (SSSR count). The predicted molar refractivity (Wildman–Crippen MR) is 78.2 cm³/mol. The number of hydrogen-bond acceptors (Lipinski definition) is 3. The van der Waals surface area contributed by atoms with Crippen molar-refractivity contribution in [2.24, 2.45) is 11.8 Å². The highest BCUT2D eigenvalue weighted by atomic mass is 16.2. The van der Waals surface area contributed by atoms with Gasteiger partial charge in [0, 0.05) is 32.1 Å². The summed E-state index contributed by atoms with van der Waals surface area (Å²) in [5, 5.41) is 3.25. The summed E-state index contributed by atoms with van der Waals surface area (Å²) in [6.07, 6.45) is 3.49. The number of amides is 2. The van der Waals surface area contributed by atoms with E-state index in [2.05, 4.69) is 5.32 Å². The molecule has 0 unspecified atom stereocenters. The molecule has 1 aliphatic heterocycles. The van der Waals surface area contributed by atoms with Crippen LogP contribution in [0.1, 0.15) is 33.1 Å². The van der Waals surface area contributed by atoms with Crippen molar-refractivity contribution in [3.8, 4) is 0 Å². The van der Waals surface area contributed by atoms with Gasteiger partial charge in [-0.3, -0.25) is 9.59 Å². The minimum absolute atomic E-state index is 0.0393. The van der Waals surface area contributed by atoms with E-state index in [-0.39, 0.29) is 17.7 Å². The molecule has 2 fully saturated rings. The van der Waals surface area contributed by atoms with Crippen molar-refractivity contribution in [2.75, 3.05) is 39.3 Å². The van der Waals surface area contributed by atoms with Gasteiger partial charge in [0.15, 0.2) is 0 Å². The fourth-order valence-corrected chi connectivity index (χ4v) is 2.57. The van der Waals surface area contributed by atoms with E-state index in [4.69, 9.17) is 0 Å². The van der Waals surface area contributed by atoms with Crippen molar-refractivity contribution in [3.63, 3.8) is 0 Å². The van der Waals surface area contributed by atoms with Gasteiger partial charge in [0.25, 0.3) is 0 Å². The van der Waals surface area contributed by atoms with Crippen LogP contribution in [0.5, 0.6) is 0 Å². The molecule has 0 spiro atoms. The average molecular weight is 281 g/mol. The molecule has 1 N–H and O–H groups in total. The lowest BCUT2D eigenvalue weighted by atomic mass is 10.2. The minimum Gasteiger partial charge on any atom is -0.341 e. The first kappa shape index (κ1) is 15.3. The van der Waals surface area contributed by atoms with Gasteiger partial charge in [-0.2, -0.15) is 0 Å². The van der Waals surface area contributed by atoms with E-state index in [0.717, 1.165) is 32.0 Å². The summed E-state index contributed by atoms with van der Waals surface area (Å²) in [5.41, 5.74) is 0. The lowest BCUT2D eigenvalue weighted by Gasteiger charge is -2.23. The third kappa shape index (κ3) is 4.47. The van der Waals surface area contributed by atoms with Gasteiger partial charge in [-0.1, -0.05) is 13.8 Å². The highest BCUT2D eigenvalue weighted by Gasteiger charge is 2.24. The van der Waals surface area contributed by atoms with Crippen LogP contribution >= 0.6 is 0 Å². The largest absolute Gasteiger partial charge is 0.341 e. The van der Waals surface area contributed by atoms with Gasteiger partial charge in [0.1, 0.15) is 0 Å². The van der Waals surface area contributed by atoms with Crippen molar-refractivity contribution in [3.05, 3.63) is 0 Å². The van der Waals surface area contributed by atoms with Gasteiger partial charge in [-0.05, 0) is 31.7 Å². The molecule has 114 valence electrons. The number of carbonyl (C=O) groups is 2. The Labute approximate surface area is 121 Å². The summed E-state index contributed by atoms with van der Waals surface area (Å²) >= 11 is 0. The Morgan fingerprint density at radius 1 is 1.10 bits per heavy atom. The van der Waals surface area contributed by atoms with Crippen LogP contribution in [0.3, 0.4) is 0 Å². The van der Waals surface area contributed by atoms with E-state index in [9.17, 15) is 9.59 Å². The molecule has 0 bridgehead atoms. The summed E-state index contributed by atoms with van der Waals surface area (Å²) < 4.78 is 0. The van der Waals surface area contributed by atoms with E-state index in [1.807, 2.05) is 23.6 Å². The maximum absolute atomic E-state index is 12.1. The quantitative estimate of drug-likeness (QED) is 0.807. The topological polar surface area (TPSA) is 52.7 Å². The molecule has 1 saturated carbocycles. The molecular formula is C15H27N3O2. The first-order chi connectivity index (χ1) is 9.58. The normalized spacial score (nSPS) is 20.1. The molecule has 2 aliphatic rings. The van der Waals surface area contributed by atoms with Crippen molar-refractivity contribution in [2.45, 2.75) is 33.1 Å². The molecule has 0 aromatic heterocycles. The third-order valence-electron chi connectivity index (χ3n) is 4.06. The zero-order chi connectivity index (χ0) is 14.5. The lowest BCUT2D eigenvalue weighted by Crippen LogP contribution is -2.42. The molecule has 5 heteroatoms. The molecule has 0 aromatic carbocycles. The lowest BCUT2D eigenvalue weighted by molar-refractivity contribution is -0.135. The molecule has 2 amide bonds. The van der Waals surface area contributed by atoms with Gasteiger partial charge in [0.2, 0.25) is 11.8 Å². The summed E-state index contributed by atoms with van der Waals surface area (Å²) in [6, 6.07) is 0. The van der Waals surface area contributed by atoms with Crippen molar-refractivity contribution in [1.82, 2.24) is 15.1 Å². The van der Waals surface area contributed by atoms with Crippen molar-refractivity contribution < 1.29 is 9.59 Å². The van der Waals surface area contributed by atoms with Gasteiger partial charge in [0.05, 0.1) is 6.54 Å². The first-order valence-corrected chi connectivity index (χ1v) is 7.85. The Morgan fingerprint density at radius 2 is 1.75 bits per heavy atom. The van der Waals surface area contributed by atoms with Gasteiger partial charge in [-0.15, -0.1) is 0 Å². The molecule has 0 atom stereocenters. The molecule has 20 heavy (non-hydrogen) atoms. The van der Waals surface area contributed by atoms with Crippen molar-refractivity contribution >= 4 is 11.8 Å². The predicted octanol–water partition coefficient (Wildman–Crippen LogP) is 0.703. The Morgan fingerprint density at radius 3 is 2.40 bits per heavy atom. The maximum atomic E-state index is 12.1. The molecule has 1 aliphatic carbocycles. The fourth-order valence-electron chi connectivity index (χ4n) is 2.57. The van der Waals surface area contributed by atoms with Gasteiger partial charge >= 0.3 is 0 Å². The maximum Gasteiger partial charge on any atom is 0.236 e. The van der Waals surface area contributed by atoms with E-state index >= 15 is 0 Å². The first-order valence-electron chi connectivity index (χ1n) is 7.85. The molecule has 0 radical (unpaired) electrons. The van der Waals surface area contributed by atoms with Crippen LogP contribution in [-0.4, -0.2) is 60.9 Å². The Kier molecular flexibility index (Phi) is 5.40. The van der Waals surface area contributed by atoms with Crippen LogP contribution < -0.4 is 5.32 Å². The molecule has 0 aromatic rings. The summed E-state index contributed by atoms with van der Waals surface area (Å²) in [4.78, 5) is 27.9. The Balaban J connectivity index is 1.73. The van der Waals surface area contributed by atoms with E-state index < -0.39 is 0 Å². The monoisotopic (exact) mass is 281 g/mol. The van der Waals surface area contributed by atoms with Gasteiger partial charge < -0.3 is 15.1 Å². The second kappa shape index (κ2) is 7.07. The van der Waals surface area contributed by atoms with E-state index in [1.54, 1.807) is 0 Å². The van der Waals surface area contributed by atoms with E-state index in [0.29, 0.717) is 19.6 Å². The Bertz CT molecular complexity index is 353. The fraction of sp³-hybridized carbons (Fsp3) is 0.867. The number of nitrogens with one attached hydrogen (secondary N) is 1. The zero-order valence-corrected chi connectivity index (χ0v) is 12.7.